The first-order chi connectivity index (χ1) is 25.8. The molecule has 5 heteroatoms. The van der Waals surface area contributed by atoms with E-state index in [4.69, 9.17) is 19.7 Å². The molecular formula is C47H31N3OS. The van der Waals surface area contributed by atoms with Crippen LogP contribution in [0.2, 0.25) is 0 Å². The number of aromatic nitrogens is 3. The zero-order chi connectivity index (χ0) is 34.2. The molecule has 3 heterocycles. The standard InChI is InChI=1S/C47H31N3OS/c1-2-12-28(13-3-1)45-48-46(50-47(49-45)38-27-29-14-4-5-15-31(29)33-16-6-7-17-34(33)38)36-20-11-22-40-44(36)43-32(19-10-21-39(43)51-40)30-24-25-42-37(26-30)35-18-8-9-23-41(35)52-42/h1-2,4-12,14-27,40,44H,3,13H2. The van der Waals surface area contributed by atoms with Gasteiger partial charge in [0.1, 0.15) is 11.9 Å². The molecule has 1 aliphatic heterocycles. The Kier molecular flexibility index (Phi) is 6.64. The van der Waals surface area contributed by atoms with Crippen LogP contribution in [-0.4, -0.2) is 21.1 Å². The van der Waals surface area contributed by atoms with E-state index in [1.165, 1.54) is 47.6 Å². The van der Waals surface area contributed by atoms with E-state index in [9.17, 15) is 0 Å². The number of rotatable bonds is 4. The molecule has 246 valence electrons. The van der Waals surface area contributed by atoms with Crippen LogP contribution < -0.4 is 4.74 Å². The predicted octanol–water partition coefficient (Wildman–Crippen LogP) is 12.1. The van der Waals surface area contributed by atoms with Crippen molar-refractivity contribution in [2.45, 2.75) is 24.9 Å². The molecule has 0 amide bonds. The van der Waals surface area contributed by atoms with Crippen LogP contribution in [-0.2, 0) is 0 Å². The maximum absolute atomic E-state index is 6.72. The zero-order valence-electron chi connectivity index (χ0n) is 28.2. The fourth-order valence-electron chi connectivity index (χ4n) is 8.36. The molecule has 0 fully saturated rings. The molecule has 2 unspecified atom stereocenters. The maximum atomic E-state index is 6.72. The van der Waals surface area contributed by atoms with Gasteiger partial charge in [0.2, 0.25) is 0 Å². The van der Waals surface area contributed by atoms with Gasteiger partial charge in [-0.25, -0.2) is 15.0 Å². The average Bonchev–Trinajstić information content (AvgIpc) is 3.79. The van der Waals surface area contributed by atoms with Crippen molar-refractivity contribution in [2.75, 3.05) is 0 Å². The van der Waals surface area contributed by atoms with Gasteiger partial charge in [-0.2, -0.15) is 0 Å². The van der Waals surface area contributed by atoms with Crippen LogP contribution in [0.4, 0.5) is 0 Å². The molecule has 8 aromatic rings. The number of hydrogen-bond acceptors (Lipinski definition) is 5. The molecule has 11 rings (SSSR count). The lowest BCUT2D eigenvalue weighted by atomic mass is 9.80. The molecule has 2 aromatic heterocycles. The SMILES string of the molecule is C1=CCCC(c2nc(C3=CC=CC4Oc5cccc(-c6ccc7sc8ccccc8c7c6)c5C34)nc(-c3cc4ccccc4c4ccccc34)n2)=C1. The Bertz CT molecular complexity index is 2910. The first-order valence-corrected chi connectivity index (χ1v) is 18.7. The molecule has 2 atom stereocenters. The van der Waals surface area contributed by atoms with Crippen LogP contribution in [0.3, 0.4) is 0 Å². The van der Waals surface area contributed by atoms with E-state index in [1.807, 2.05) is 11.3 Å². The summed E-state index contributed by atoms with van der Waals surface area (Å²) >= 11 is 1.85. The zero-order valence-corrected chi connectivity index (χ0v) is 29.0. The highest BCUT2D eigenvalue weighted by atomic mass is 32.1. The molecule has 0 saturated carbocycles. The first kappa shape index (κ1) is 29.5. The third-order valence-electron chi connectivity index (χ3n) is 10.8. The van der Waals surface area contributed by atoms with Crippen molar-refractivity contribution in [3.8, 4) is 28.3 Å². The highest BCUT2D eigenvalue weighted by molar-refractivity contribution is 7.25. The lowest BCUT2D eigenvalue weighted by Gasteiger charge is -2.24. The van der Waals surface area contributed by atoms with E-state index in [2.05, 4.69) is 152 Å². The van der Waals surface area contributed by atoms with E-state index in [1.54, 1.807) is 0 Å². The Morgan fingerprint density at radius 3 is 2.29 bits per heavy atom. The number of allylic oxidation sites excluding steroid dienone is 6. The third-order valence-corrected chi connectivity index (χ3v) is 11.9. The van der Waals surface area contributed by atoms with Gasteiger partial charge in [0.25, 0.3) is 0 Å². The summed E-state index contributed by atoms with van der Waals surface area (Å²) in [6.07, 6.45) is 14.6. The Labute approximate surface area is 304 Å². The van der Waals surface area contributed by atoms with Crippen LogP contribution >= 0.6 is 11.3 Å². The molecular weight excluding hydrogens is 655 g/mol. The minimum atomic E-state index is -0.163. The molecule has 6 aromatic carbocycles. The average molecular weight is 686 g/mol. The summed E-state index contributed by atoms with van der Waals surface area (Å²) in [4.78, 5) is 15.9. The number of ether oxygens (including phenoxy) is 1. The maximum Gasteiger partial charge on any atom is 0.164 e. The van der Waals surface area contributed by atoms with Gasteiger partial charge in [0.05, 0.1) is 5.92 Å². The van der Waals surface area contributed by atoms with Crippen LogP contribution in [0, 0.1) is 0 Å². The fraction of sp³-hybridized carbons (Fsp3) is 0.0851. The topological polar surface area (TPSA) is 47.9 Å². The Hall–Kier alpha value is -6.17. The highest BCUT2D eigenvalue weighted by Crippen LogP contribution is 2.52. The van der Waals surface area contributed by atoms with Gasteiger partial charge in [-0.1, -0.05) is 115 Å². The number of thiophene rings is 1. The van der Waals surface area contributed by atoms with Crippen LogP contribution in [0.15, 0.2) is 152 Å². The highest BCUT2D eigenvalue weighted by Gasteiger charge is 2.40. The molecule has 0 N–H and O–H groups in total. The largest absolute Gasteiger partial charge is 0.485 e. The number of benzene rings is 6. The fourth-order valence-corrected chi connectivity index (χ4v) is 9.44. The smallest absolute Gasteiger partial charge is 0.164 e. The Morgan fingerprint density at radius 2 is 1.38 bits per heavy atom. The molecule has 3 aliphatic rings. The summed E-state index contributed by atoms with van der Waals surface area (Å²) < 4.78 is 9.32. The summed E-state index contributed by atoms with van der Waals surface area (Å²) in [7, 11) is 0. The van der Waals surface area contributed by atoms with Crippen LogP contribution in [0.25, 0.3) is 75.4 Å². The summed E-state index contributed by atoms with van der Waals surface area (Å²) in [5.41, 5.74) is 6.73. The monoisotopic (exact) mass is 685 g/mol. The van der Waals surface area contributed by atoms with Crippen molar-refractivity contribution in [3.05, 3.63) is 169 Å². The van der Waals surface area contributed by atoms with Crippen molar-refractivity contribution in [3.63, 3.8) is 0 Å². The number of hydrogen-bond donors (Lipinski definition) is 0. The third kappa shape index (κ3) is 4.63. The summed E-state index contributed by atoms with van der Waals surface area (Å²) in [6, 6.07) is 41.4. The summed E-state index contributed by atoms with van der Waals surface area (Å²) in [6.45, 7) is 0. The minimum Gasteiger partial charge on any atom is -0.485 e. The number of nitrogens with zero attached hydrogens (tertiary/aromatic N) is 3. The normalized spacial score (nSPS) is 17.7. The van der Waals surface area contributed by atoms with E-state index < -0.39 is 0 Å². The molecule has 0 saturated heterocycles. The lowest BCUT2D eigenvalue weighted by molar-refractivity contribution is 0.271. The van der Waals surface area contributed by atoms with Crippen LogP contribution in [0.5, 0.6) is 5.75 Å². The minimum absolute atomic E-state index is 0.0807. The molecule has 0 bridgehead atoms. The molecule has 4 nitrogen and oxygen atoms in total. The van der Waals surface area contributed by atoms with Gasteiger partial charge in [-0.3, -0.25) is 0 Å². The molecule has 0 spiro atoms. The van der Waals surface area contributed by atoms with Gasteiger partial charge in [0.15, 0.2) is 17.5 Å². The lowest BCUT2D eigenvalue weighted by Crippen LogP contribution is -2.21. The van der Waals surface area contributed by atoms with Gasteiger partial charge in [0, 0.05) is 36.9 Å². The van der Waals surface area contributed by atoms with E-state index >= 15 is 0 Å². The van der Waals surface area contributed by atoms with Gasteiger partial charge in [-0.15, -0.1) is 11.3 Å². The van der Waals surface area contributed by atoms with Crippen molar-refractivity contribution >= 4 is 64.2 Å². The second kappa shape index (κ2) is 11.7. The van der Waals surface area contributed by atoms with Crippen molar-refractivity contribution in [1.29, 1.82) is 0 Å². The number of fused-ring (bicyclic) bond motifs is 9. The summed E-state index contributed by atoms with van der Waals surface area (Å²) in [5, 5.41) is 7.29. The van der Waals surface area contributed by atoms with Crippen molar-refractivity contribution in [1.82, 2.24) is 15.0 Å². The second-order valence-electron chi connectivity index (χ2n) is 13.7. The Balaban J connectivity index is 1.11. The molecule has 0 radical (unpaired) electrons. The van der Waals surface area contributed by atoms with Crippen molar-refractivity contribution < 1.29 is 4.74 Å². The first-order valence-electron chi connectivity index (χ1n) is 17.9. The summed E-state index contributed by atoms with van der Waals surface area (Å²) in [5.74, 6) is 2.94. The van der Waals surface area contributed by atoms with Gasteiger partial charge < -0.3 is 4.74 Å². The van der Waals surface area contributed by atoms with Gasteiger partial charge in [-0.05, 0) is 87.5 Å². The second-order valence-corrected chi connectivity index (χ2v) is 14.8. The molecule has 2 aliphatic carbocycles. The van der Waals surface area contributed by atoms with Crippen molar-refractivity contribution in [2.24, 2.45) is 0 Å². The van der Waals surface area contributed by atoms with Crippen LogP contribution in [0.1, 0.15) is 36.0 Å². The van der Waals surface area contributed by atoms with E-state index in [-0.39, 0.29) is 12.0 Å². The molecule has 52 heavy (non-hydrogen) atoms. The Morgan fingerprint density at radius 1 is 0.596 bits per heavy atom. The van der Waals surface area contributed by atoms with Gasteiger partial charge >= 0.3 is 0 Å². The quantitative estimate of drug-likeness (QED) is 0.173. The predicted molar refractivity (Wildman–Crippen MR) is 216 cm³/mol. The van der Waals surface area contributed by atoms with E-state index in [0.29, 0.717) is 11.6 Å². The van der Waals surface area contributed by atoms with E-state index in [0.717, 1.165) is 51.9 Å².